The zero-order valence-corrected chi connectivity index (χ0v) is 18.2. The lowest BCUT2D eigenvalue weighted by molar-refractivity contribution is -0.386. The van der Waals surface area contributed by atoms with E-state index in [1.54, 1.807) is 52.1 Å². The molecule has 0 radical (unpaired) electrons. The number of ether oxygens (including phenoxy) is 2. The molecule has 1 heterocycles. The van der Waals surface area contributed by atoms with Gasteiger partial charge in [0.15, 0.2) is 5.69 Å². The number of aliphatic hydroxyl groups excluding tert-OH is 1. The van der Waals surface area contributed by atoms with E-state index in [2.05, 4.69) is 10.3 Å². The minimum Gasteiger partial charge on any atom is -0.497 e. The second-order valence-electron chi connectivity index (χ2n) is 7.20. The van der Waals surface area contributed by atoms with Gasteiger partial charge >= 0.3 is 5.97 Å². The number of aliphatic hydroxyl groups is 1. The van der Waals surface area contributed by atoms with Crippen LogP contribution < -0.4 is 4.74 Å². The molecule has 10 heteroatoms. The zero-order chi connectivity index (χ0) is 23.4. The molecule has 32 heavy (non-hydrogen) atoms. The van der Waals surface area contributed by atoms with Gasteiger partial charge in [0.1, 0.15) is 17.5 Å². The van der Waals surface area contributed by atoms with Crippen LogP contribution in [0.5, 0.6) is 5.75 Å². The van der Waals surface area contributed by atoms with Gasteiger partial charge in [0, 0.05) is 6.07 Å². The van der Waals surface area contributed by atoms with E-state index in [1.807, 2.05) is 0 Å². The molecule has 2 aromatic carbocycles. The molecular weight excluding hydrogens is 416 g/mol. The van der Waals surface area contributed by atoms with Crippen LogP contribution in [0.2, 0.25) is 0 Å². The summed E-state index contributed by atoms with van der Waals surface area (Å²) < 4.78 is 11.6. The van der Waals surface area contributed by atoms with Crippen molar-refractivity contribution in [1.82, 2.24) is 15.0 Å². The fourth-order valence-electron chi connectivity index (χ4n) is 3.28. The van der Waals surface area contributed by atoms with Crippen molar-refractivity contribution < 1.29 is 24.3 Å². The molecule has 0 aliphatic carbocycles. The number of rotatable bonds is 8. The standard InChI is InChI=1S/C22H24N4O6/c1-5-32-22(28)20-19(21(27)17-10-13(2)14(3)11-18(17)26(29)30)23-24-25(20)12-15-6-8-16(31-4)9-7-15/h6-11,21,27H,5,12H2,1-4H3. The van der Waals surface area contributed by atoms with Crippen LogP contribution in [0.25, 0.3) is 0 Å². The highest BCUT2D eigenvalue weighted by molar-refractivity contribution is 5.89. The second-order valence-corrected chi connectivity index (χ2v) is 7.20. The van der Waals surface area contributed by atoms with Crippen molar-refractivity contribution in [2.24, 2.45) is 0 Å². The summed E-state index contributed by atoms with van der Waals surface area (Å²) in [7, 11) is 1.56. The van der Waals surface area contributed by atoms with Crippen molar-refractivity contribution in [2.75, 3.05) is 13.7 Å². The van der Waals surface area contributed by atoms with Crippen molar-refractivity contribution >= 4 is 11.7 Å². The molecule has 168 valence electrons. The van der Waals surface area contributed by atoms with Crippen LogP contribution in [0.4, 0.5) is 5.69 Å². The summed E-state index contributed by atoms with van der Waals surface area (Å²) in [6.45, 7) is 5.45. The lowest BCUT2D eigenvalue weighted by atomic mass is 9.98. The largest absolute Gasteiger partial charge is 0.497 e. The molecule has 0 fully saturated rings. The number of esters is 1. The van der Waals surface area contributed by atoms with E-state index >= 15 is 0 Å². The fourth-order valence-corrected chi connectivity index (χ4v) is 3.28. The van der Waals surface area contributed by atoms with Crippen molar-refractivity contribution in [3.8, 4) is 5.75 Å². The van der Waals surface area contributed by atoms with Gasteiger partial charge in [0.25, 0.3) is 5.69 Å². The topological polar surface area (TPSA) is 130 Å². The van der Waals surface area contributed by atoms with Crippen LogP contribution in [0, 0.1) is 24.0 Å². The first-order chi connectivity index (χ1) is 15.3. The van der Waals surface area contributed by atoms with Gasteiger partial charge in [-0.25, -0.2) is 9.48 Å². The van der Waals surface area contributed by atoms with Gasteiger partial charge in [-0.2, -0.15) is 0 Å². The van der Waals surface area contributed by atoms with Crippen LogP contribution in [0.1, 0.15) is 51.5 Å². The first kappa shape index (κ1) is 22.9. The number of methoxy groups -OCH3 is 1. The molecule has 0 aliphatic rings. The first-order valence-corrected chi connectivity index (χ1v) is 9.93. The molecule has 0 bridgehead atoms. The molecule has 10 nitrogen and oxygen atoms in total. The van der Waals surface area contributed by atoms with Crippen LogP contribution in [-0.2, 0) is 11.3 Å². The Hall–Kier alpha value is -3.79. The number of nitro benzene ring substituents is 1. The smallest absolute Gasteiger partial charge is 0.358 e. The molecule has 0 aliphatic heterocycles. The number of carbonyl (C=O) groups excluding carboxylic acids is 1. The maximum atomic E-state index is 12.7. The van der Waals surface area contributed by atoms with E-state index < -0.39 is 17.0 Å². The van der Waals surface area contributed by atoms with Crippen molar-refractivity contribution in [1.29, 1.82) is 0 Å². The minimum atomic E-state index is -1.54. The van der Waals surface area contributed by atoms with Crippen molar-refractivity contribution in [3.05, 3.63) is 80.2 Å². The van der Waals surface area contributed by atoms with Gasteiger partial charge in [-0.3, -0.25) is 10.1 Å². The Balaban J connectivity index is 2.07. The van der Waals surface area contributed by atoms with E-state index in [0.29, 0.717) is 11.3 Å². The highest BCUT2D eigenvalue weighted by Crippen LogP contribution is 2.33. The number of benzene rings is 2. The molecular formula is C22H24N4O6. The molecule has 0 amide bonds. The maximum Gasteiger partial charge on any atom is 0.358 e. The average Bonchev–Trinajstić information content (AvgIpc) is 3.19. The Morgan fingerprint density at radius 2 is 1.88 bits per heavy atom. The highest BCUT2D eigenvalue weighted by atomic mass is 16.6. The number of aryl methyl sites for hydroxylation is 2. The Morgan fingerprint density at radius 1 is 1.22 bits per heavy atom. The van der Waals surface area contributed by atoms with Gasteiger partial charge in [-0.15, -0.1) is 5.10 Å². The summed E-state index contributed by atoms with van der Waals surface area (Å²) in [6, 6.07) is 10.1. The highest BCUT2D eigenvalue weighted by Gasteiger charge is 2.32. The maximum absolute atomic E-state index is 12.7. The van der Waals surface area contributed by atoms with Gasteiger partial charge < -0.3 is 14.6 Å². The van der Waals surface area contributed by atoms with E-state index in [-0.39, 0.29) is 35.8 Å². The Bertz CT molecular complexity index is 1140. The van der Waals surface area contributed by atoms with E-state index in [0.717, 1.165) is 11.1 Å². The molecule has 1 aromatic heterocycles. The Kier molecular flexibility index (Phi) is 6.84. The number of nitro groups is 1. The van der Waals surface area contributed by atoms with Gasteiger partial charge in [-0.1, -0.05) is 17.3 Å². The molecule has 1 unspecified atom stereocenters. The number of carbonyl (C=O) groups is 1. The molecule has 3 rings (SSSR count). The lowest BCUT2D eigenvalue weighted by Gasteiger charge is -2.13. The first-order valence-electron chi connectivity index (χ1n) is 9.93. The third-order valence-electron chi connectivity index (χ3n) is 5.11. The quantitative estimate of drug-likeness (QED) is 0.321. The number of hydrogen-bond donors (Lipinski definition) is 1. The molecule has 1 N–H and O–H groups in total. The summed E-state index contributed by atoms with van der Waals surface area (Å²) in [4.78, 5) is 23.7. The van der Waals surface area contributed by atoms with E-state index in [4.69, 9.17) is 9.47 Å². The summed E-state index contributed by atoms with van der Waals surface area (Å²) in [5.41, 5.74) is 1.86. The molecule has 0 saturated heterocycles. The van der Waals surface area contributed by atoms with Crippen LogP contribution in [0.3, 0.4) is 0 Å². The number of aromatic nitrogens is 3. The minimum absolute atomic E-state index is 0.0279. The van der Waals surface area contributed by atoms with Crippen LogP contribution in [-0.4, -0.2) is 44.7 Å². The van der Waals surface area contributed by atoms with Crippen LogP contribution in [0.15, 0.2) is 36.4 Å². The molecule has 0 spiro atoms. The predicted molar refractivity (Wildman–Crippen MR) is 115 cm³/mol. The zero-order valence-electron chi connectivity index (χ0n) is 18.2. The third-order valence-corrected chi connectivity index (χ3v) is 5.11. The number of hydrogen-bond acceptors (Lipinski definition) is 8. The second kappa shape index (κ2) is 9.56. The average molecular weight is 440 g/mol. The normalized spacial score (nSPS) is 11.8. The van der Waals surface area contributed by atoms with Crippen molar-refractivity contribution in [3.63, 3.8) is 0 Å². The molecule has 1 atom stereocenters. The molecule has 0 saturated carbocycles. The molecule has 3 aromatic rings. The van der Waals surface area contributed by atoms with Crippen molar-refractivity contribution in [2.45, 2.75) is 33.4 Å². The van der Waals surface area contributed by atoms with E-state index in [1.165, 1.54) is 16.8 Å². The lowest BCUT2D eigenvalue weighted by Crippen LogP contribution is -2.17. The van der Waals surface area contributed by atoms with Crippen LogP contribution >= 0.6 is 0 Å². The summed E-state index contributed by atoms with van der Waals surface area (Å²) in [5.74, 6) is -0.0531. The Morgan fingerprint density at radius 3 is 2.47 bits per heavy atom. The third kappa shape index (κ3) is 4.59. The summed E-state index contributed by atoms with van der Waals surface area (Å²) in [5, 5.41) is 30.6. The predicted octanol–water partition coefficient (Wildman–Crippen LogP) is 3.12. The number of nitrogens with zero attached hydrogens (tertiary/aromatic N) is 4. The van der Waals surface area contributed by atoms with Gasteiger partial charge in [-0.05, 0) is 55.7 Å². The van der Waals surface area contributed by atoms with Gasteiger partial charge in [0.2, 0.25) is 0 Å². The fraction of sp³-hybridized carbons (Fsp3) is 0.318. The SMILES string of the molecule is CCOC(=O)c1c(C(O)c2cc(C)c(C)cc2[N+](=O)[O-])nnn1Cc1ccc(OC)cc1. The Labute approximate surface area is 184 Å². The van der Waals surface area contributed by atoms with Gasteiger partial charge in [0.05, 0.1) is 30.7 Å². The summed E-state index contributed by atoms with van der Waals surface area (Å²) in [6.07, 6.45) is -1.54. The summed E-state index contributed by atoms with van der Waals surface area (Å²) >= 11 is 0. The van der Waals surface area contributed by atoms with E-state index in [9.17, 15) is 20.0 Å². The monoisotopic (exact) mass is 440 g/mol.